The van der Waals surface area contributed by atoms with Crippen molar-refractivity contribution in [1.82, 2.24) is 4.90 Å². The number of nitrogens with zero attached hydrogens (tertiary/aromatic N) is 1. The molecule has 1 saturated heterocycles. The van der Waals surface area contributed by atoms with Crippen LogP contribution in [0.3, 0.4) is 0 Å². The number of fused-ring (bicyclic) bond motifs is 1. The molecule has 1 aromatic carbocycles. The molecule has 1 aliphatic heterocycles. The number of aliphatic hydroxyl groups excluding tert-OH is 1. The number of benzene rings is 1. The summed E-state index contributed by atoms with van der Waals surface area (Å²) >= 11 is 0. The second-order valence-corrected chi connectivity index (χ2v) is 5.06. The van der Waals surface area contributed by atoms with Crippen molar-refractivity contribution in [1.29, 1.82) is 0 Å². The lowest BCUT2D eigenvalue weighted by atomic mass is 10.1. The lowest BCUT2D eigenvalue weighted by Gasteiger charge is -2.14. The molecule has 1 amide bonds. The van der Waals surface area contributed by atoms with Gasteiger partial charge in [-0.3, -0.25) is 0 Å². The van der Waals surface area contributed by atoms with Crippen LogP contribution in [0.15, 0.2) is 17.7 Å². The largest absolute Gasteiger partial charge is 0.492 e. The molecule has 112 valence electrons. The van der Waals surface area contributed by atoms with Gasteiger partial charge in [-0.05, 0) is 29.2 Å². The van der Waals surface area contributed by atoms with Gasteiger partial charge in [-0.25, -0.2) is 9.18 Å². The Morgan fingerprint density at radius 3 is 3.00 bits per heavy atom. The minimum atomic E-state index is -0.339. The summed E-state index contributed by atoms with van der Waals surface area (Å²) in [6.07, 6.45) is 1.88. The lowest BCUT2D eigenvalue weighted by Crippen LogP contribution is -2.29. The van der Waals surface area contributed by atoms with Crippen LogP contribution in [0.5, 0.6) is 5.75 Å². The maximum Gasteiger partial charge on any atom is 0.410 e. The predicted molar refractivity (Wildman–Crippen MR) is 73.6 cm³/mol. The molecule has 0 radical (unpaired) electrons. The number of hydrogen-bond donors (Lipinski definition) is 1. The van der Waals surface area contributed by atoms with Crippen LogP contribution >= 0.6 is 0 Å². The van der Waals surface area contributed by atoms with Crippen LogP contribution in [0.2, 0.25) is 0 Å². The topological polar surface area (TPSA) is 59.0 Å². The van der Waals surface area contributed by atoms with Gasteiger partial charge in [-0.1, -0.05) is 6.08 Å². The highest BCUT2D eigenvalue weighted by Crippen LogP contribution is 2.30. The number of cyclic esters (lactones) is 1. The third kappa shape index (κ3) is 2.85. The van der Waals surface area contributed by atoms with Gasteiger partial charge in [0.25, 0.3) is 0 Å². The predicted octanol–water partition coefficient (Wildman–Crippen LogP) is 1.59. The molecule has 0 aromatic heterocycles. The Balaban J connectivity index is 1.63. The molecule has 21 heavy (non-hydrogen) atoms. The Morgan fingerprint density at radius 2 is 2.29 bits per heavy atom. The number of amides is 1. The minimum absolute atomic E-state index is 0.0681. The second-order valence-electron chi connectivity index (χ2n) is 5.06. The highest BCUT2D eigenvalue weighted by molar-refractivity contribution is 5.69. The smallest absolute Gasteiger partial charge is 0.410 e. The molecule has 0 saturated carbocycles. The maximum absolute atomic E-state index is 14.0. The average molecular weight is 293 g/mol. The first-order valence-corrected chi connectivity index (χ1v) is 6.84. The SMILES string of the molecule is O=C1OCCN1CCOc1cc(F)c2c(c1)C=C(CO)C2. The van der Waals surface area contributed by atoms with Crippen LogP contribution in [0.25, 0.3) is 6.08 Å². The first-order valence-electron chi connectivity index (χ1n) is 6.84. The summed E-state index contributed by atoms with van der Waals surface area (Å²) in [5.74, 6) is 0.0945. The van der Waals surface area contributed by atoms with Gasteiger partial charge in [-0.2, -0.15) is 0 Å². The number of ether oxygens (including phenoxy) is 2. The fraction of sp³-hybridized carbons (Fsp3) is 0.400. The fourth-order valence-electron chi connectivity index (χ4n) is 2.53. The fourth-order valence-corrected chi connectivity index (χ4v) is 2.53. The van der Waals surface area contributed by atoms with Gasteiger partial charge in [-0.15, -0.1) is 0 Å². The van der Waals surface area contributed by atoms with Gasteiger partial charge in [0.1, 0.15) is 24.8 Å². The van der Waals surface area contributed by atoms with Gasteiger partial charge < -0.3 is 19.5 Å². The zero-order chi connectivity index (χ0) is 14.8. The van der Waals surface area contributed by atoms with E-state index >= 15 is 0 Å². The Kier molecular flexibility index (Phi) is 3.79. The van der Waals surface area contributed by atoms with E-state index in [1.165, 1.54) is 6.07 Å². The van der Waals surface area contributed by atoms with Gasteiger partial charge in [0, 0.05) is 6.07 Å². The quantitative estimate of drug-likeness (QED) is 0.895. The summed E-state index contributed by atoms with van der Waals surface area (Å²) in [7, 11) is 0. The Bertz CT molecular complexity index is 600. The molecule has 2 aliphatic rings. The van der Waals surface area contributed by atoms with Crippen LogP contribution < -0.4 is 4.74 Å². The molecule has 1 N–H and O–H groups in total. The van der Waals surface area contributed by atoms with Crippen LogP contribution in [0, 0.1) is 5.82 Å². The van der Waals surface area contributed by atoms with E-state index in [-0.39, 0.29) is 25.1 Å². The van der Waals surface area contributed by atoms with E-state index < -0.39 is 0 Å². The minimum Gasteiger partial charge on any atom is -0.492 e. The summed E-state index contributed by atoms with van der Waals surface area (Å²) in [4.78, 5) is 12.8. The van der Waals surface area contributed by atoms with Crippen molar-refractivity contribution in [2.75, 3.05) is 32.9 Å². The number of carbonyl (C=O) groups is 1. The lowest BCUT2D eigenvalue weighted by molar-refractivity contribution is 0.153. The molecule has 1 heterocycles. The number of aliphatic hydroxyl groups is 1. The first kappa shape index (κ1) is 13.9. The van der Waals surface area contributed by atoms with E-state index in [0.29, 0.717) is 37.4 Å². The highest BCUT2D eigenvalue weighted by Gasteiger charge is 2.22. The van der Waals surface area contributed by atoms with Crippen molar-refractivity contribution in [2.24, 2.45) is 0 Å². The van der Waals surface area contributed by atoms with Crippen LogP contribution in [0.1, 0.15) is 11.1 Å². The van der Waals surface area contributed by atoms with E-state index in [1.807, 2.05) is 0 Å². The Labute approximate surface area is 121 Å². The Hall–Kier alpha value is -2.08. The zero-order valence-corrected chi connectivity index (χ0v) is 11.5. The molecule has 1 fully saturated rings. The Morgan fingerprint density at radius 1 is 1.43 bits per heavy atom. The molecular weight excluding hydrogens is 277 g/mol. The van der Waals surface area contributed by atoms with Gasteiger partial charge in [0.15, 0.2) is 0 Å². The van der Waals surface area contributed by atoms with E-state index in [2.05, 4.69) is 0 Å². The van der Waals surface area contributed by atoms with Crippen LogP contribution in [-0.4, -0.2) is 49.0 Å². The average Bonchev–Trinajstić information content (AvgIpc) is 3.06. The monoisotopic (exact) mass is 293 g/mol. The third-order valence-corrected chi connectivity index (χ3v) is 3.64. The molecule has 5 nitrogen and oxygen atoms in total. The van der Waals surface area contributed by atoms with Gasteiger partial charge in [0.05, 0.1) is 19.7 Å². The summed E-state index contributed by atoms with van der Waals surface area (Å²) in [6, 6.07) is 3.10. The van der Waals surface area contributed by atoms with Crippen molar-refractivity contribution in [3.63, 3.8) is 0 Å². The summed E-state index contributed by atoms with van der Waals surface area (Å²) in [5.41, 5.74) is 2.13. The first-order chi connectivity index (χ1) is 10.2. The van der Waals surface area contributed by atoms with E-state index in [4.69, 9.17) is 14.6 Å². The van der Waals surface area contributed by atoms with Crippen molar-refractivity contribution in [3.05, 3.63) is 34.6 Å². The maximum atomic E-state index is 14.0. The molecule has 0 spiro atoms. The molecule has 0 bridgehead atoms. The molecule has 0 atom stereocenters. The van der Waals surface area contributed by atoms with E-state index in [1.54, 1.807) is 17.0 Å². The molecule has 6 heteroatoms. The number of hydrogen-bond acceptors (Lipinski definition) is 4. The normalized spacial score (nSPS) is 16.8. The van der Waals surface area contributed by atoms with Crippen LogP contribution in [0.4, 0.5) is 9.18 Å². The standard InChI is InChI=1S/C15H16FNO4/c16-14-8-12(7-11-5-10(9-18)6-13(11)14)20-3-1-17-2-4-21-15(17)19/h5,7-8,18H,1-4,6,9H2. The number of halogens is 1. The van der Waals surface area contributed by atoms with Gasteiger partial charge in [0.2, 0.25) is 0 Å². The van der Waals surface area contributed by atoms with E-state index in [9.17, 15) is 9.18 Å². The zero-order valence-electron chi connectivity index (χ0n) is 11.5. The second kappa shape index (κ2) is 5.73. The third-order valence-electron chi connectivity index (χ3n) is 3.64. The summed E-state index contributed by atoms with van der Waals surface area (Å²) < 4.78 is 24.3. The molecular formula is C15H16FNO4. The summed E-state index contributed by atoms with van der Waals surface area (Å²) in [5, 5.41) is 9.11. The van der Waals surface area contributed by atoms with Crippen molar-refractivity contribution in [3.8, 4) is 5.75 Å². The number of carbonyl (C=O) groups excluding carboxylic acids is 1. The van der Waals surface area contributed by atoms with E-state index in [0.717, 1.165) is 11.1 Å². The highest BCUT2D eigenvalue weighted by atomic mass is 19.1. The van der Waals surface area contributed by atoms with Crippen LogP contribution in [-0.2, 0) is 11.2 Å². The van der Waals surface area contributed by atoms with Crippen molar-refractivity contribution in [2.45, 2.75) is 6.42 Å². The van der Waals surface area contributed by atoms with Crippen molar-refractivity contribution >= 4 is 12.2 Å². The molecule has 1 aromatic rings. The molecule has 0 unspecified atom stereocenters. The molecule has 1 aliphatic carbocycles. The van der Waals surface area contributed by atoms with Crippen molar-refractivity contribution < 1.29 is 23.8 Å². The molecule has 3 rings (SSSR count). The van der Waals surface area contributed by atoms with Gasteiger partial charge >= 0.3 is 6.09 Å². The number of rotatable bonds is 5. The summed E-state index contributed by atoms with van der Waals surface area (Å²) in [6.45, 7) is 1.59.